The number of para-hydroxylation sites is 1. The number of methoxy groups -OCH3 is 1. The molecule has 2 aliphatic heterocycles. The maximum Gasteiger partial charge on any atom is 0.229 e. The Morgan fingerprint density at radius 2 is 1.79 bits per heavy atom. The molecule has 0 bridgehead atoms. The van der Waals surface area contributed by atoms with Gasteiger partial charge >= 0.3 is 0 Å². The maximum absolute atomic E-state index is 12.9. The number of piperazine rings is 1. The SMILES string of the molecule is COc1ccc2nc(N3CC(C(=O)N4CCN(c5ccccc5)CC4)C3)sc2c1. The van der Waals surface area contributed by atoms with Crippen LogP contribution in [0.25, 0.3) is 10.2 Å². The number of anilines is 2. The summed E-state index contributed by atoms with van der Waals surface area (Å²) in [6, 6.07) is 16.4. The Morgan fingerprint density at radius 3 is 2.52 bits per heavy atom. The molecule has 5 rings (SSSR count). The third-order valence-corrected chi connectivity index (χ3v) is 6.88. The van der Waals surface area contributed by atoms with E-state index in [2.05, 4.69) is 34.1 Å². The van der Waals surface area contributed by atoms with E-state index in [1.54, 1.807) is 18.4 Å². The van der Waals surface area contributed by atoms with Crippen LogP contribution in [0.3, 0.4) is 0 Å². The first kappa shape index (κ1) is 18.2. The van der Waals surface area contributed by atoms with Crippen LogP contribution in [-0.2, 0) is 4.79 Å². The summed E-state index contributed by atoms with van der Waals surface area (Å²) in [5.74, 6) is 1.22. The standard InChI is InChI=1S/C22H24N4O2S/c1-28-18-7-8-19-20(13-18)29-22(23-19)26-14-16(15-26)21(27)25-11-9-24(10-12-25)17-5-3-2-4-6-17/h2-8,13,16H,9-12,14-15H2,1H3. The van der Waals surface area contributed by atoms with Gasteiger partial charge in [0.2, 0.25) is 5.91 Å². The van der Waals surface area contributed by atoms with Crippen LogP contribution in [0.4, 0.5) is 10.8 Å². The zero-order valence-electron chi connectivity index (χ0n) is 16.5. The maximum atomic E-state index is 12.9. The second-order valence-electron chi connectivity index (χ2n) is 7.58. The minimum atomic E-state index is 0.0832. The Morgan fingerprint density at radius 1 is 1.03 bits per heavy atom. The highest BCUT2D eigenvalue weighted by Crippen LogP contribution is 2.35. The molecule has 2 aromatic carbocycles. The van der Waals surface area contributed by atoms with Crippen molar-refractivity contribution in [2.24, 2.45) is 5.92 Å². The van der Waals surface area contributed by atoms with Gasteiger partial charge in [0.15, 0.2) is 5.13 Å². The van der Waals surface area contributed by atoms with Crippen molar-refractivity contribution >= 4 is 38.3 Å². The Hall–Kier alpha value is -2.80. The molecular formula is C22H24N4O2S. The summed E-state index contributed by atoms with van der Waals surface area (Å²) in [7, 11) is 1.68. The fourth-order valence-corrected chi connectivity index (χ4v) is 5.04. The molecule has 1 aromatic heterocycles. The van der Waals surface area contributed by atoms with E-state index in [0.717, 1.165) is 60.4 Å². The first-order valence-electron chi connectivity index (χ1n) is 9.99. The van der Waals surface area contributed by atoms with Gasteiger partial charge in [-0.25, -0.2) is 4.98 Å². The molecule has 29 heavy (non-hydrogen) atoms. The van der Waals surface area contributed by atoms with Crippen molar-refractivity contribution in [1.82, 2.24) is 9.88 Å². The van der Waals surface area contributed by atoms with E-state index in [9.17, 15) is 4.79 Å². The lowest BCUT2D eigenvalue weighted by atomic mass is 9.99. The Bertz CT molecular complexity index is 1010. The molecule has 2 fully saturated rings. The lowest BCUT2D eigenvalue weighted by Crippen LogP contribution is -2.58. The number of benzene rings is 2. The molecule has 0 radical (unpaired) electrons. The van der Waals surface area contributed by atoms with Crippen molar-refractivity contribution in [3.8, 4) is 5.75 Å². The van der Waals surface area contributed by atoms with Crippen LogP contribution in [0.1, 0.15) is 0 Å². The molecule has 0 saturated carbocycles. The van der Waals surface area contributed by atoms with Gasteiger partial charge in [-0.15, -0.1) is 0 Å². The van der Waals surface area contributed by atoms with E-state index in [4.69, 9.17) is 9.72 Å². The Labute approximate surface area is 174 Å². The van der Waals surface area contributed by atoms with Gasteiger partial charge < -0.3 is 19.4 Å². The summed E-state index contributed by atoms with van der Waals surface area (Å²) >= 11 is 1.66. The number of ether oxygens (including phenoxy) is 1. The topological polar surface area (TPSA) is 48.9 Å². The molecule has 0 N–H and O–H groups in total. The molecule has 2 saturated heterocycles. The second-order valence-corrected chi connectivity index (χ2v) is 8.59. The van der Waals surface area contributed by atoms with E-state index in [1.807, 2.05) is 29.2 Å². The first-order valence-corrected chi connectivity index (χ1v) is 10.8. The molecule has 150 valence electrons. The van der Waals surface area contributed by atoms with Crippen LogP contribution < -0.4 is 14.5 Å². The molecule has 0 unspecified atom stereocenters. The molecule has 0 aliphatic carbocycles. The van der Waals surface area contributed by atoms with Gasteiger partial charge in [-0.3, -0.25) is 4.79 Å². The molecule has 1 amide bonds. The monoisotopic (exact) mass is 408 g/mol. The zero-order valence-corrected chi connectivity index (χ0v) is 17.3. The van der Waals surface area contributed by atoms with Gasteiger partial charge in [-0.2, -0.15) is 0 Å². The minimum absolute atomic E-state index is 0.0832. The number of aromatic nitrogens is 1. The summed E-state index contributed by atoms with van der Waals surface area (Å²) in [5, 5.41) is 0.992. The minimum Gasteiger partial charge on any atom is -0.497 e. The average molecular weight is 409 g/mol. The summed E-state index contributed by atoms with van der Waals surface area (Å²) in [6.07, 6.45) is 0. The van der Waals surface area contributed by atoms with Gasteiger partial charge in [0.05, 0.1) is 23.2 Å². The highest BCUT2D eigenvalue weighted by molar-refractivity contribution is 7.22. The lowest BCUT2D eigenvalue weighted by Gasteiger charge is -2.43. The molecule has 6 nitrogen and oxygen atoms in total. The quantitative estimate of drug-likeness (QED) is 0.664. The Kier molecular flexibility index (Phi) is 4.75. The van der Waals surface area contributed by atoms with E-state index < -0.39 is 0 Å². The van der Waals surface area contributed by atoms with E-state index in [0.29, 0.717) is 0 Å². The van der Waals surface area contributed by atoms with Crippen LogP contribution in [0, 0.1) is 5.92 Å². The number of hydrogen-bond acceptors (Lipinski definition) is 6. The largest absolute Gasteiger partial charge is 0.497 e. The van der Waals surface area contributed by atoms with E-state index in [-0.39, 0.29) is 11.8 Å². The lowest BCUT2D eigenvalue weighted by molar-refractivity contribution is -0.136. The van der Waals surface area contributed by atoms with E-state index >= 15 is 0 Å². The summed E-state index contributed by atoms with van der Waals surface area (Å²) in [6.45, 7) is 4.90. The third-order valence-electron chi connectivity index (χ3n) is 5.80. The highest BCUT2D eigenvalue weighted by Gasteiger charge is 2.37. The number of thiazole rings is 1. The fourth-order valence-electron chi connectivity index (χ4n) is 4.03. The smallest absolute Gasteiger partial charge is 0.229 e. The number of fused-ring (bicyclic) bond motifs is 1. The summed E-state index contributed by atoms with van der Waals surface area (Å²) < 4.78 is 6.41. The van der Waals surface area contributed by atoms with Crippen molar-refractivity contribution < 1.29 is 9.53 Å². The van der Waals surface area contributed by atoms with Crippen molar-refractivity contribution in [2.45, 2.75) is 0 Å². The molecular weight excluding hydrogens is 384 g/mol. The van der Waals surface area contributed by atoms with Crippen molar-refractivity contribution in [3.05, 3.63) is 48.5 Å². The predicted molar refractivity (Wildman–Crippen MR) is 117 cm³/mol. The van der Waals surface area contributed by atoms with Crippen LogP contribution in [-0.4, -0.2) is 62.2 Å². The zero-order chi connectivity index (χ0) is 19.8. The van der Waals surface area contributed by atoms with Gasteiger partial charge in [0.25, 0.3) is 0 Å². The van der Waals surface area contributed by atoms with Gasteiger partial charge in [-0.05, 0) is 30.3 Å². The summed E-state index contributed by atoms with van der Waals surface area (Å²) in [4.78, 5) is 24.2. The Balaban J connectivity index is 1.17. The van der Waals surface area contributed by atoms with Gasteiger partial charge in [-0.1, -0.05) is 29.5 Å². The van der Waals surface area contributed by atoms with Crippen LogP contribution >= 0.6 is 11.3 Å². The molecule has 3 aromatic rings. The number of rotatable bonds is 4. The predicted octanol–water partition coefficient (Wildman–Crippen LogP) is 3.09. The molecule has 2 aliphatic rings. The third kappa shape index (κ3) is 3.51. The molecule has 7 heteroatoms. The fraction of sp³-hybridized carbons (Fsp3) is 0.364. The normalized spacial score (nSPS) is 17.5. The molecule has 0 atom stereocenters. The molecule has 3 heterocycles. The number of hydrogen-bond donors (Lipinski definition) is 0. The van der Waals surface area contributed by atoms with Crippen LogP contribution in [0.15, 0.2) is 48.5 Å². The average Bonchev–Trinajstić information content (AvgIpc) is 3.16. The van der Waals surface area contributed by atoms with Gasteiger partial charge in [0, 0.05) is 45.0 Å². The number of carbonyl (C=O) groups excluding carboxylic acids is 1. The van der Waals surface area contributed by atoms with Gasteiger partial charge in [0.1, 0.15) is 5.75 Å². The molecule has 0 spiro atoms. The van der Waals surface area contributed by atoms with Crippen molar-refractivity contribution in [3.63, 3.8) is 0 Å². The van der Waals surface area contributed by atoms with Crippen molar-refractivity contribution in [2.75, 3.05) is 56.2 Å². The highest BCUT2D eigenvalue weighted by atomic mass is 32.1. The number of amides is 1. The van der Waals surface area contributed by atoms with E-state index in [1.165, 1.54) is 5.69 Å². The van der Waals surface area contributed by atoms with Crippen LogP contribution in [0.5, 0.6) is 5.75 Å². The number of nitrogens with zero attached hydrogens (tertiary/aromatic N) is 4. The van der Waals surface area contributed by atoms with Crippen LogP contribution in [0.2, 0.25) is 0 Å². The van der Waals surface area contributed by atoms with Crippen molar-refractivity contribution in [1.29, 1.82) is 0 Å². The second kappa shape index (κ2) is 7.55. The summed E-state index contributed by atoms with van der Waals surface area (Å²) in [5.41, 5.74) is 2.22. The first-order chi connectivity index (χ1) is 14.2. The number of carbonyl (C=O) groups is 1.